The molecule has 5 nitrogen and oxygen atoms in total. The van der Waals surface area contributed by atoms with E-state index in [1.165, 1.54) is 11.3 Å². The number of carbonyl (C=O) groups excluding carboxylic acids is 1. The SMILES string of the molecule is O=C(Cc1nc2cc(-c3ccccc3)ccc2s1)N[C@@H](Cc1ccccc1)C(=O)O. The molecule has 0 unspecified atom stereocenters. The second-order valence-corrected chi connectivity index (χ2v) is 8.10. The summed E-state index contributed by atoms with van der Waals surface area (Å²) in [6, 6.07) is 24.4. The number of carboxylic acids is 1. The Morgan fingerprint density at radius 2 is 1.63 bits per heavy atom. The predicted octanol–water partition coefficient (Wildman–Crippen LogP) is 4.32. The number of carbonyl (C=O) groups is 2. The van der Waals surface area contributed by atoms with Gasteiger partial charge >= 0.3 is 5.97 Å². The molecule has 0 fully saturated rings. The van der Waals surface area contributed by atoms with Gasteiger partial charge in [0.2, 0.25) is 5.91 Å². The molecule has 0 saturated carbocycles. The van der Waals surface area contributed by atoms with Gasteiger partial charge in [-0.1, -0.05) is 66.7 Å². The van der Waals surface area contributed by atoms with Gasteiger partial charge in [0.15, 0.2) is 0 Å². The van der Waals surface area contributed by atoms with Crippen molar-refractivity contribution in [3.63, 3.8) is 0 Å². The number of amides is 1. The first-order valence-corrected chi connectivity index (χ1v) is 10.4. The number of fused-ring (bicyclic) bond motifs is 1. The zero-order chi connectivity index (χ0) is 20.9. The summed E-state index contributed by atoms with van der Waals surface area (Å²) in [7, 11) is 0. The fraction of sp³-hybridized carbons (Fsp3) is 0.125. The van der Waals surface area contributed by atoms with E-state index < -0.39 is 12.0 Å². The van der Waals surface area contributed by atoms with Gasteiger partial charge in [0, 0.05) is 6.42 Å². The molecule has 1 atom stereocenters. The number of nitrogens with one attached hydrogen (secondary N) is 1. The third-order valence-electron chi connectivity index (χ3n) is 4.77. The minimum Gasteiger partial charge on any atom is -0.480 e. The Morgan fingerprint density at radius 1 is 0.933 bits per heavy atom. The molecule has 1 aromatic heterocycles. The average Bonchev–Trinajstić information content (AvgIpc) is 3.15. The van der Waals surface area contributed by atoms with Gasteiger partial charge in [-0.05, 0) is 28.8 Å². The van der Waals surface area contributed by atoms with Crippen LogP contribution in [-0.4, -0.2) is 28.0 Å². The molecule has 0 bridgehead atoms. The third-order valence-corrected chi connectivity index (χ3v) is 5.80. The summed E-state index contributed by atoms with van der Waals surface area (Å²) in [6.45, 7) is 0. The zero-order valence-corrected chi connectivity index (χ0v) is 16.9. The van der Waals surface area contributed by atoms with E-state index in [1.807, 2.05) is 78.9 Å². The quantitative estimate of drug-likeness (QED) is 0.470. The molecule has 0 aliphatic rings. The summed E-state index contributed by atoms with van der Waals surface area (Å²) in [5, 5.41) is 12.8. The largest absolute Gasteiger partial charge is 0.480 e. The lowest BCUT2D eigenvalue weighted by Gasteiger charge is -2.14. The smallest absolute Gasteiger partial charge is 0.326 e. The standard InChI is InChI=1S/C24H20N2O3S/c27-22(25-20(24(28)29)13-16-7-3-1-4-8-16)15-23-26-19-14-18(11-12-21(19)30-23)17-9-5-2-6-10-17/h1-12,14,20H,13,15H2,(H,25,27)(H,28,29)/t20-/m0/s1. The van der Waals surface area contributed by atoms with Gasteiger partial charge in [-0.3, -0.25) is 4.79 Å². The van der Waals surface area contributed by atoms with Gasteiger partial charge in [0.25, 0.3) is 0 Å². The van der Waals surface area contributed by atoms with Crippen molar-refractivity contribution < 1.29 is 14.7 Å². The van der Waals surface area contributed by atoms with E-state index in [0.29, 0.717) is 5.01 Å². The van der Waals surface area contributed by atoms with Crippen LogP contribution in [0, 0.1) is 0 Å². The van der Waals surface area contributed by atoms with E-state index in [4.69, 9.17) is 0 Å². The molecular formula is C24H20N2O3S. The lowest BCUT2D eigenvalue weighted by atomic mass is 10.1. The summed E-state index contributed by atoms with van der Waals surface area (Å²) in [4.78, 5) is 28.6. The Hall–Kier alpha value is -3.51. The molecule has 0 spiro atoms. The van der Waals surface area contributed by atoms with Gasteiger partial charge < -0.3 is 10.4 Å². The van der Waals surface area contributed by atoms with Crippen molar-refractivity contribution in [2.75, 3.05) is 0 Å². The molecule has 1 heterocycles. The number of nitrogens with zero attached hydrogens (tertiary/aromatic N) is 1. The molecule has 4 rings (SSSR count). The molecule has 3 aromatic carbocycles. The maximum atomic E-state index is 12.5. The normalized spacial score (nSPS) is 11.9. The molecule has 0 saturated heterocycles. The summed E-state index contributed by atoms with van der Waals surface area (Å²) in [5.41, 5.74) is 3.87. The second-order valence-electron chi connectivity index (χ2n) is 6.98. The van der Waals surface area contributed by atoms with Crippen molar-refractivity contribution in [1.82, 2.24) is 10.3 Å². The van der Waals surface area contributed by atoms with E-state index >= 15 is 0 Å². The summed E-state index contributed by atoms with van der Waals surface area (Å²) in [6.07, 6.45) is 0.292. The highest BCUT2D eigenvalue weighted by Crippen LogP contribution is 2.28. The van der Waals surface area contributed by atoms with Crippen molar-refractivity contribution in [3.05, 3.63) is 89.4 Å². The van der Waals surface area contributed by atoms with Gasteiger partial charge in [-0.15, -0.1) is 11.3 Å². The minimum absolute atomic E-state index is 0.0542. The maximum Gasteiger partial charge on any atom is 0.326 e. The van der Waals surface area contributed by atoms with Crippen molar-refractivity contribution in [2.45, 2.75) is 18.9 Å². The van der Waals surface area contributed by atoms with Crippen molar-refractivity contribution in [1.29, 1.82) is 0 Å². The van der Waals surface area contributed by atoms with E-state index in [2.05, 4.69) is 10.3 Å². The third kappa shape index (κ3) is 4.72. The second kappa shape index (κ2) is 8.88. The van der Waals surface area contributed by atoms with Gasteiger partial charge in [-0.25, -0.2) is 9.78 Å². The highest BCUT2D eigenvalue weighted by atomic mass is 32.1. The van der Waals surface area contributed by atoms with Crippen LogP contribution in [0.15, 0.2) is 78.9 Å². The van der Waals surface area contributed by atoms with Crippen LogP contribution in [0.1, 0.15) is 10.6 Å². The molecule has 0 radical (unpaired) electrons. The first-order chi connectivity index (χ1) is 14.6. The van der Waals surface area contributed by atoms with Crippen LogP contribution >= 0.6 is 11.3 Å². The van der Waals surface area contributed by atoms with Crippen LogP contribution in [0.2, 0.25) is 0 Å². The number of carboxylic acid groups (broad SMARTS) is 1. The van der Waals surface area contributed by atoms with Crippen molar-refractivity contribution in [3.8, 4) is 11.1 Å². The fourth-order valence-electron chi connectivity index (χ4n) is 3.29. The molecule has 1 amide bonds. The molecule has 2 N–H and O–H groups in total. The van der Waals surface area contributed by atoms with Crippen LogP contribution in [0.25, 0.3) is 21.3 Å². The van der Waals surface area contributed by atoms with E-state index in [0.717, 1.165) is 26.9 Å². The molecule has 150 valence electrons. The van der Waals surface area contributed by atoms with Crippen LogP contribution in [0.4, 0.5) is 0 Å². The van der Waals surface area contributed by atoms with E-state index in [-0.39, 0.29) is 18.7 Å². The Morgan fingerprint density at radius 3 is 2.33 bits per heavy atom. The monoisotopic (exact) mass is 416 g/mol. The Labute approximate surface area is 178 Å². The summed E-state index contributed by atoms with van der Waals surface area (Å²) < 4.78 is 0.997. The van der Waals surface area contributed by atoms with Crippen LogP contribution in [0.3, 0.4) is 0 Å². The molecule has 0 aliphatic carbocycles. The Balaban J connectivity index is 1.46. The molecular weight excluding hydrogens is 396 g/mol. The molecule has 0 aliphatic heterocycles. The molecule has 6 heteroatoms. The van der Waals surface area contributed by atoms with Gasteiger partial charge in [-0.2, -0.15) is 0 Å². The number of rotatable bonds is 7. The van der Waals surface area contributed by atoms with Crippen molar-refractivity contribution in [2.24, 2.45) is 0 Å². The van der Waals surface area contributed by atoms with Crippen LogP contribution in [0.5, 0.6) is 0 Å². The number of benzene rings is 3. The van der Waals surface area contributed by atoms with Gasteiger partial charge in [0.05, 0.1) is 16.6 Å². The zero-order valence-electron chi connectivity index (χ0n) is 16.1. The topological polar surface area (TPSA) is 79.3 Å². The molecule has 4 aromatic rings. The maximum absolute atomic E-state index is 12.5. The number of hydrogen-bond donors (Lipinski definition) is 2. The van der Waals surface area contributed by atoms with Gasteiger partial charge in [0.1, 0.15) is 11.0 Å². The minimum atomic E-state index is -1.05. The number of hydrogen-bond acceptors (Lipinski definition) is 4. The van der Waals surface area contributed by atoms with E-state index in [1.54, 1.807) is 0 Å². The van der Waals surface area contributed by atoms with Crippen LogP contribution in [-0.2, 0) is 22.4 Å². The number of aromatic nitrogens is 1. The lowest BCUT2D eigenvalue weighted by molar-refractivity contribution is -0.141. The summed E-state index contributed by atoms with van der Waals surface area (Å²) in [5.74, 6) is -1.40. The first-order valence-electron chi connectivity index (χ1n) is 9.59. The number of aliphatic carboxylic acids is 1. The first kappa shape index (κ1) is 19.8. The highest BCUT2D eigenvalue weighted by molar-refractivity contribution is 7.18. The Kier molecular flexibility index (Phi) is 5.86. The predicted molar refractivity (Wildman–Crippen MR) is 118 cm³/mol. The highest BCUT2D eigenvalue weighted by Gasteiger charge is 2.21. The van der Waals surface area contributed by atoms with E-state index in [9.17, 15) is 14.7 Å². The number of thiazole rings is 1. The average molecular weight is 417 g/mol. The fourth-order valence-corrected chi connectivity index (χ4v) is 4.24. The van der Waals surface area contributed by atoms with Crippen LogP contribution < -0.4 is 5.32 Å². The summed E-state index contributed by atoms with van der Waals surface area (Å²) >= 11 is 1.45. The lowest BCUT2D eigenvalue weighted by Crippen LogP contribution is -2.43. The van der Waals surface area contributed by atoms with Crippen molar-refractivity contribution >= 4 is 33.4 Å². The Bertz CT molecular complexity index is 1170. The molecule has 30 heavy (non-hydrogen) atoms.